The minimum Gasteiger partial charge on any atom is -0.396 e. The summed E-state index contributed by atoms with van der Waals surface area (Å²) in [5.41, 5.74) is 6.73. The average molecular weight is 314 g/mol. The maximum atomic E-state index is 11.1. The summed E-state index contributed by atoms with van der Waals surface area (Å²) in [6.07, 6.45) is 2.46. The van der Waals surface area contributed by atoms with Crippen LogP contribution in [0.4, 0.5) is 0 Å². The van der Waals surface area contributed by atoms with Crippen molar-refractivity contribution < 1.29 is 9.90 Å². The molecule has 3 N–H and O–H groups in total. The Morgan fingerprint density at radius 2 is 2.13 bits per heavy atom. The molecule has 0 saturated carbocycles. The zero-order chi connectivity index (χ0) is 16.4. The van der Waals surface area contributed by atoms with Crippen molar-refractivity contribution in [1.29, 1.82) is 0 Å². The minimum absolute atomic E-state index is 0.0223. The summed E-state index contributed by atoms with van der Waals surface area (Å²) in [5, 5.41) is 14.4. The highest BCUT2D eigenvalue weighted by Gasteiger charge is 2.15. The van der Waals surface area contributed by atoms with Crippen LogP contribution >= 0.6 is 0 Å². The maximum absolute atomic E-state index is 11.1. The van der Waals surface area contributed by atoms with E-state index in [1.54, 1.807) is 4.68 Å². The van der Waals surface area contributed by atoms with Crippen molar-refractivity contribution in [2.75, 3.05) is 6.61 Å². The summed E-state index contributed by atoms with van der Waals surface area (Å²) < 4.78 is 3.59. The second-order valence-corrected chi connectivity index (χ2v) is 5.33. The van der Waals surface area contributed by atoms with E-state index in [-0.39, 0.29) is 13.0 Å². The first kappa shape index (κ1) is 15.2. The maximum Gasteiger partial charge on any atom is 0.225 e. The number of rotatable bonds is 6. The zero-order valence-electron chi connectivity index (χ0n) is 12.8. The number of fused-ring (bicyclic) bond motifs is 1. The van der Waals surface area contributed by atoms with E-state index in [0.29, 0.717) is 30.3 Å². The molecule has 3 rings (SSSR count). The lowest BCUT2D eigenvalue weighted by molar-refractivity contribution is -0.117. The van der Waals surface area contributed by atoms with Crippen LogP contribution in [0, 0.1) is 0 Å². The molecule has 0 fully saturated rings. The van der Waals surface area contributed by atoms with Gasteiger partial charge in [-0.25, -0.2) is 14.6 Å². The van der Waals surface area contributed by atoms with Crippen LogP contribution in [-0.4, -0.2) is 41.9 Å². The molecule has 1 amide bonds. The lowest BCUT2D eigenvalue weighted by atomic mass is 10.3. The van der Waals surface area contributed by atoms with E-state index in [9.17, 15) is 4.79 Å². The average Bonchev–Trinajstić information content (AvgIpc) is 3.08. The molecule has 0 saturated heterocycles. The van der Waals surface area contributed by atoms with Crippen LogP contribution in [0.25, 0.3) is 22.6 Å². The standard InChI is InChI=1S/C15H18N6O2/c1-20-7-5-10-3-4-11(17-14(10)20)15-18-13(9-12(16)23)19-21(15)6-2-8-22/h3-5,7,22H,2,6,8-9H2,1H3,(H2,16,23). The van der Waals surface area contributed by atoms with Crippen LogP contribution in [0.5, 0.6) is 0 Å². The second-order valence-electron chi connectivity index (χ2n) is 5.33. The highest BCUT2D eigenvalue weighted by atomic mass is 16.3. The van der Waals surface area contributed by atoms with Gasteiger partial charge in [-0.15, -0.1) is 0 Å². The van der Waals surface area contributed by atoms with Crippen molar-refractivity contribution in [1.82, 2.24) is 24.3 Å². The number of aryl methyl sites for hydroxylation is 2. The van der Waals surface area contributed by atoms with Crippen molar-refractivity contribution >= 4 is 16.9 Å². The van der Waals surface area contributed by atoms with E-state index in [1.165, 1.54) is 0 Å². The number of carbonyl (C=O) groups excluding carboxylic acids is 1. The van der Waals surface area contributed by atoms with Gasteiger partial charge >= 0.3 is 0 Å². The number of nitrogens with two attached hydrogens (primary N) is 1. The number of primary amides is 1. The number of aliphatic hydroxyl groups excluding tert-OH is 1. The lowest BCUT2D eigenvalue weighted by Gasteiger charge is -2.05. The van der Waals surface area contributed by atoms with Gasteiger partial charge in [0.2, 0.25) is 5.91 Å². The predicted octanol–water partition coefficient (Wildman–Crippen LogP) is 0.242. The Bertz CT molecular complexity index is 851. The smallest absolute Gasteiger partial charge is 0.225 e. The van der Waals surface area contributed by atoms with Gasteiger partial charge in [0.1, 0.15) is 11.3 Å². The molecule has 0 unspecified atom stereocenters. The lowest BCUT2D eigenvalue weighted by Crippen LogP contribution is -2.15. The highest BCUT2D eigenvalue weighted by molar-refractivity contribution is 5.79. The molecular formula is C15H18N6O2. The van der Waals surface area contributed by atoms with Crippen LogP contribution in [-0.2, 0) is 24.8 Å². The number of hydrogen-bond donors (Lipinski definition) is 2. The molecule has 8 heteroatoms. The molecular weight excluding hydrogens is 296 g/mol. The summed E-state index contributed by atoms with van der Waals surface area (Å²) >= 11 is 0. The van der Waals surface area contributed by atoms with Gasteiger partial charge in [0.25, 0.3) is 0 Å². The van der Waals surface area contributed by atoms with E-state index < -0.39 is 5.91 Å². The Kier molecular flexibility index (Phi) is 4.07. The Hall–Kier alpha value is -2.74. The van der Waals surface area contributed by atoms with Crippen LogP contribution in [0.3, 0.4) is 0 Å². The molecule has 0 aliphatic rings. The van der Waals surface area contributed by atoms with Crippen LogP contribution in [0.2, 0.25) is 0 Å². The number of hydrogen-bond acceptors (Lipinski definition) is 5. The fourth-order valence-electron chi connectivity index (χ4n) is 2.44. The molecule has 0 atom stereocenters. The zero-order valence-corrected chi connectivity index (χ0v) is 12.8. The van der Waals surface area contributed by atoms with E-state index in [2.05, 4.69) is 15.1 Å². The van der Waals surface area contributed by atoms with Gasteiger partial charge in [-0.3, -0.25) is 4.79 Å². The summed E-state index contributed by atoms with van der Waals surface area (Å²) in [6, 6.07) is 5.83. The molecule has 120 valence electrons. The molecule has 23 heavy (non-hydrogen) atoms. The van der Waals surface area contributed by atoms with Crippen LogP contribution in [0.15, 0.2) is 24.4 Å². The van der Waals surface area contributed by atoms with Crippen molar-refractivity contribution in [2.45, 2.75) is 19.4 Å². The molecule has 3 aromatic heterocycles. The third kappa shape index (κ3) is 3.07. The van der Waals surface area contributed by atoms with E-state index in [4.69, 9.17) is 10.8 Å². The molecule has 0 aliphatic carbocycles. The number of pyridine rings is 1. The topological polar surface area (TPSA) is 112 Å². The predicted molar refractivity (Wildman–Crippen MR) is 84.3 cm³/mol. The normalized spacial score (nSPS) is 11.2. The van der Waals surface area contributed by atoms with Crippen molar-refractivity contribution in [3.8, 4) is 11.5 Å². The van der Waals surface area contributed by atoms with Gasteiger partial charge in [0.15, 0.2) is 11.6 Å². The molecule has 0 spiro atoms. The molecule has 0 aromatic carbocycles. The van der Waals surface area contributed by atoms with Gasteiger partial charge in [-0.05, 0) is 24.6 Å². The monoisotopic (exact) mass is 314 g/mol. The Labute approximate surface area is 132 Å². The fraction of sp³-hybridized carbons (Fsp3) is 0.333. The SMILES string of the molecule is Cn1ccc2ccc(-c3nc(CC(N)=O)nn3CCCO)nc21. The summed E-state index contributed by atoms with van der Waals surface area (Å²) in [7, 11) is 1.92. The Morgan fingerprint density at radius 1 is 1.30 bits per heavy atom. The molecule has 3 heterocycles. The van der Waals surface area contributed by atoms with Crippen LogP contribution in [0.1, 0.15) is 12.2 Å². The second kappa shape index (κ2) is 6.17. The van der Waals surface area contributed by atoms with Crippen molar-refractivity contribution in [3.63, 3.8) is 0 Å². The minimum atomic E-state index is -0.485. The van der Waals surface area contributed by atoms with Gasteiger partial charge in [0, 0.05) is 31.8 Å². The molecule has 0 bridgehead atoms. The number of aromatic nitrogens is 5. The van der Waals surface area contributed by atoms with Gasteiger partial charge in [-0.2, -0.15) is 5.10 Å². The first-order valence-electron chi connectivity index (χ1n) is 7.34. The largest absolute Gasteiger partial charge is 0.396 e. The number of nitrogens with zero attached hydrogens (tertiary/aromatic N) is 5. The number of aliphatic hydroxyl groups is 1. The Morgan fingerprint density at radius 3 is 2.87 bits per heavy atom. The van der Waals surface area contributed by atoms with E-state index in [0.717, 1.165) is 11.0 Å². The first-order valence-corrected chi connectivity index (χ1v) is 7.34. The summed E-state index contributed by atoms with van der Waals surface area (Å²) in [6.45, 7) is 0.541. The first-order chi connectivity index (χ1) is 11.1. The Balaban J connectivity index is 2.05. The highest BCUT2D eigenvalue weighted by Crippen LogP contribution is 2.20. The fourth-order valence-corrected chi connectivity index (χ4v) is 2.44. The number of amides is 1. The molecule has 0 radical (unpaired) electrons. The van der Waals surface area contributed by atoms with Gasteiger partial charge in [-0.1, -0.05) is 0 Å². The van der Waals surface area contributed by atoms with E-state index in [1.807, 2.05) is 36.0 Å². The van der Waals surface area contributed by atoms with E-state index >= 15 is 0 Å². The number of carbonyl (C=O) groups is 1. The quantitative estimate of drug-likeness (QED) is 0.677. The summed E-state index contributed by atoms with van der Waals surface area (Å²) in [5.74, 6) is 0.443. The molecule has 0 aliphatic heterocycles. The van der Waals surface area contributed by atoms with Crippen molar-refractivity contribution in [2.24, 2.45) is 12.8 Å². The molecule has 3 aromatic rings. The van der Waals surface area contributed by atoms with Gasteiger partial charge < -0.3 is 15.4 Å². The molecule has 8 nitrogen and oxygen atoms in total. The third-order valence-corrected chi connectivity index (χ3v) is 3.52. The van der Waals surface area contributed by atoms with Gasteiger partial charge in [0.05, 0.1) is 6.42 Å². The van der Waals surface area contributed by atoms with Crippen LogP contribution < -0.4 is 5.73 Å². The third-order valence-electron chi connectivity index (χ3n) is 3.52. The van der Waals surface area contributed by atoms with Crippen molar-refractivity contribution in [3.05, 3.63) is 30.2 Å². The summed E-state index contributed by atoms with van der Waals surface area (Å²) in [4.78, 5) is 20.1.